The Hall–Kier alpha value is -0.960. The number of hydrogen-bond donors (Lipinski definition) is 1. The van der Waals surface area contributed by atoms with E-state index in [9.17, 15) is 8.78 Å². The lowest BCUT2D eigenvalue weighted by Gasteiger charge is -2.32. The Kier molecular flexibility index (Phi) is 3.71. The predicted molar refractivity (Wildman–Crippen MR) is 70.1 cm³/mol. The first kappa shape index (κ1) is 13.5. The van der Waals surface area contributed by atoms with Crippen molar-refractivity contribution in [3.8, 4) is 0 Å². The van der Waals surface area contributed by atoms with Crippen LogP contribution in [0.25, 0.3) is 0 Å². The van der Waals surface area contributed by atoms with E-state index < -0.39 is 11.8 Å². The number of nitrogens with one attached hydrogen (secondary N) is 1. The molecule has 1 heterocycles. The molecular weight excluding hydrogens is 232 g/mol. The molecule has 1 N–H and O–H groups in total. The first-order chi connectivity index (χ1) is 8.44. The summed E-state index contributed by atoms with van der Waals surface area (Å²) in [5.41, 5.74) is 3.01. The fraction of sp³-hybridized carbons (Fsp3) is 0.600. The lowest BCUT2D eigenvalue weighted by Crippen LogP contribution is -2.39. The van der Waals surface area contributed by atoms with Gasteiger partial charge in [-0.1, -0.05) is 12.1 Å². The van der Waals surface area contributed by atoms with Gasteiger partial charge in [0.25, 0.3) is 5.92 Å². The minimum Gasteiger partial charge on any atom is -0.316 e. The Morgan fingerprint density at radius 1 is 1.17 bits per heavy atom. The normalized spacial score (nSPS) is 21.1. The van der Waals surface area contributed by atoms with Gasteiger partial charge in [0.05, 0.1) is 0 Å². The second-order valence-corrected chi connectivity index (χ2v) is 5.35. The number of aryl methyl sites for hydroxylation is 1. The van der Waals surface area contributed by atoms with E-state index in [1.807, 2.05) is 26.8 Å². The van der Waals surface area contributed by atoms with Crippen LogP contribution in [-0.4, -0.2) is 13.1 Å². The van der Waals surface area contributed by atoms with E-state index in [4.69, 9.17) is 0 Å². The van der Waals surface area contributed by atoms with Crippen molar-refractivity contribution in [2.24, 2.45) is 5.92 Å². The van der Waals surface area contributed by atoms with Crippen LogP contribution in [0.1, 0.15) is 35.1 Å². The van der Waals surface area contributed by atoms with Gasteiger partial charge in [-0.05, 0) is 56.8 Å². The van der Waals surface area contributed by atoms with E-state index in [1.165, 1.54) is 0 Å². The van der Waals surface area contributed by atoms with Crippen molar-refractivity contribution in [2.75, 3.05) is 13.1 Å². The SMILES string of the molecule is Cc1ccc(C(F)(F)C2CCCNC2)c(C)c1C. The highest BCUT2D eigenvalue weighted by molar-refractivity contribution is 5.41. The number of piperidine rings is 1. The van der Waals surface area contributed by atoms with Crippen molar-refractivity contribution >= 4 is 0 Å². The second kappa shape index (κ2) is 4.96. The van der Waals surface area contributed by atoms with Crippen LogP contribution in [0.15, 0.2) is 12.1 Å². The summed E-state index contributed by atoms with van der Waals surface area (Å²) in [5.74, 6) is -3.30. The minimum atomic E-state index is -2.73. The quantitative estimate of drug-likeness (QED) is 0.847. The average molecular weight is 253 g/mol. The molecule has 0 aliphatic carbocycles. The van der Waals surface area contributed by atoms with Gasteiger partial charge >= 0.3 is 0 Å². The molecule has 0 bridgehead atoms. The van der Waals surface area contributed by atoms with Crippen molar-refractivity contribution in [1.82, 2.24) is 5.32 Å². The van der Waals surface area contributed by atoms with Crippen LogP contribution in [0.3, 0.4) is 0 Å². The van der Waals surface area contributed by atoms with E-state index in [-0.39, 0.29) is 5.56 Å². The second-order valence-electron chi connectivity index (χ2n) is 5.35. The first-order valence-electron chi connectivity index (χ1n) is 6.60. The third kappa shape index (κ3) is 2.28. The lowest BCUT2D eigenvalue weighted by atomic mass is 9.85. The Labute approximate surface area is 108 Å². The van der Waals surface area contributed by atoms with E-state index >= 15 is 0 Å². The van der Waals surface area contributed by atoms with Gasteiger partial charge in [0.15, 0.2) is 0 Å². The van der Waals surface area contributed by atoms with Crippen molar-refractivity contribution in [1.29, 1.82) is 0 Å². The van der Waals surface area contributed by atoms with E-state index in [2.05, 4.69) is 5.32 Å². The molecule has 1 aromatic carbocycles. The van der Waals surface area contributed by atoms with Crippen LogP contribution in [0, 0.1) is 26.7 Å². The third-order valence-corrected chi connectivity index (χ3v) is 4.23. The lowest BCUT2D eigenvalue weighted by molar-refractivity contribution is -0.0730. The molecule has 0 spiro atoms. The number of hydrogen-bond acceptors (Lipinski definition) is 1. The molecule has 2 rings (SSSR count). The van der Waals surface area contributed by atoms with Crippen LogP contribution in [-0.2, 0) is 5.92 Å². The summed E-state index contributed by atoms with van der Waals surface area (Å²) in [6, 6.07) is 3.41. The maximum Gasteiger partial charge on any atom is 0.277 e. The average Bonchev–Trinajstić information content (AvgIpc) is 2.37. The number of rotatable bonds is 2. The van der Waals surface area contributed by atoms with Crippen molar-refractivity contribution in [3.05, 3.63) is 34.4 Å². The Morgan fingerprint density at radius 3 is 2.50 bits per heavy atom. The standard InChI is InChI=1S/C15H21F2N/c1-10-6-7-14(12(3)11(10)2)15(16,17)13-5-4-8-18-9-13/h6-7,13,18H,4-5,8-9H2,1-3H3. The molecule has 0 aromatic heterocycles. The molecular formula is C15H21F2N. The molecule has 0 radical (unpaired) electrons. The molecule has 100 valence electrons. The number of benzene rings is 1. The fourth-order valence-electron chi connectivity index (χ4n) is 2.70. The van der Waals surface area contributed by atoms with Gasteiger partial charge in [-0.3, -0.25) is 0 Å². The predicted octanol–water partition coefficient (Wildman–Crippen LogP) is 3.70. The summed E-state index contributed by atoms with van der Waals surface area (Å²) in [6.45, 7) is 6.97. The maximum absolute atomic E-state index is 14.6. The van der Waals surface area contributed by atoms with Gasteiger partial charge in [-0.15, -0.1) is 0 Å². The van der Waals surface area contributed by atoms with Crippen LogP contribution >= 0.6 is 0 Å². The van der Waals surface area contributed by atoms with Gasteiger partial charge in [0, 0.05) is 18.0 Å². The summed E-state index contributed by atoms with van der Waals surface area (Å²) in [7, 11) is 0. The van der Waals surface area contributed by atoms with Gasteiger partial charge in [0.1, 0.15) is 0 Å². The topological polar surface area (TPSA) is 12.0 Å². The van der Waals surface area contributed by atoms with Crippen molar-refractivity contribution < 1.29 is 8.78 Å². The van der Waals surface area contributed by atoms with E-state index in [1.54, 1.807) is 6.07 Å². The Balaban J connectivity index is 2.37. The fourth-order valence-corrected chi connectivity index (χ4v) is 2.70. The Morgan fingerprint density at radius 2 is 1.89 bits per heavy atom. The molecule has 18 heavy (non-hydrogen) atoms. The zero-order valence-electron chi connectivity index (χ0n) is 11.3. The third-order valence-electron chi connectivity index (χ3n) is 4.23. The molecule has 1 unspecified atom stereocenters. The van der Waals surface area contributed by atoms with Crippen LogP contribution in [0.2, 0.25) is 0 Å². The number of halogens is 2. The van der Waals surface area contributed by atoms with Crippen molar-refractivity contribution in [2.45, 2.75) is 39.5 Å². The highest BCUT2D eigenvalue weighted by Crippen LogP contribution is 2.41. The van der Waals surface area contributed by atoms with Gasteiger partial charge in [-0.2, -0.15) is 0 Å². The molecule has 1 fully saturated rings. The minimum absolute atomic E-state index is 0.208. The summed E-state index contributed by atoms with van der Waals surface area (Å²) >= 11 is 0. The summed E-state index contributed by atoms with van der Waals surface area (Å²) in [6.07, 6.45) is 1.44. The molecule has 1 aliphatic heterocycles. The van der Waals surface area contributed by atoms with Crippen molar-refractivity contribution in [3.63, 3.8) is 0 Å². The zero-order chi connectivity index (χ0) is 13.3. The van der Waals surface area contributed by atoms with Gasteiger partial charge < -0.3 is 5.32 Å². The maximum atomic E-state index is 14.6. The molecule has 0 amide bonds. The highest BCUT2D eigenvalue weighted by atomic mass is 19.3. The molecule has 1 atom stereocenters. The van der Waals surface area contributed by atoms with E-state index in [0.717, 1.165) is 29.7 Å². The molecule has 1 nitrogen and oxygen atoms in total. The summed E-state index contributed by atoms with van der Waals surface area (Å²) < 4.78 is 29.1. The molecule has 1 saturated heterocycles. The van der Waals surface area contributed by atoms with Crippen LogP contribution < -0.4 is 5.32 Å². The Bertz CT molecular complexity index is 434. The molecule has 3 heteroatoms. The molecule has 1 aliphatic rings. The van der Waals surface area contributed by atoms with E-state index in [0.29, 0.717) is 13.0 Å². The molecule has 0 saturated carbocycles. The zero-order valence-corrected chi connectivity index (χ0v) is 11.3. The summed E-state index contributed by atoms with van der Waals surface area (Å²) in [5, 5.41) is 3.08. The highest BCUT2D eigenvalue weighted by Gasteiger charge is 2.42. The number of alkyl halides is 2. The van der Waals surface area contributed by atoms with Crippen LogP contribution in [0.5, 0.6) is 0 Å². The van der Waals surface area contributed by atoms with Crippen LogP contribution in [0.4, 0.5) is 8.78 Å². The first-order valence-corrected chi connectivity index (χ1v) is 6.60. The monoisotopic (exact) mass is 253 g/mol. The summed E-state index contributed by atoms with van der Waals surface area (Å²) in [4.78, 5) is 0. The smallest absolute Gasteiger partial charge is 0.277 e. The van der Waals surface area contributed by atoms with Gasteiger partial charge in [0.2, 0.25) is 0 Å². The van der Waals surface area contributed by atoms with Gasteiger partial charge in [-0.25, -0.2) is 8.78 Å². The largest absolute Gasteiger partial charge is 0.316 e. The molecule has 1 aromatic rings.